The number of aliphatic hydroxyl groups excluding tert-OH is 1. The van der Waals surface area contributed by atoms with E-state index in [2.05, 4.69) is 6.92 Å². The average molecular weight is 216 g/mol. The summed E-state index contributed by atoms with van der Waals surface area (Å²) in [5.74, 6) is 0. The highest BCUT2D eigenvalue weighted by atomic mass is 16.7. The summed E-state index contributed by atoms with van der Waals surface area (Å²) in [6.45, 7) is 3.33. The standard InChI is InChI=1S/C11H20O4/c1-2-3-4-10-14-7-9(15-10)11-8(12)5-6-13-11/h8-12H,2-7H2,1H3/t8?,9-,10?,11?/m1/s1. The zero-order valence-electron chi connectivity index (χ0n) is 9.22. The van der Waals surface area contributed by atoms with Crippen molar-refractivity contribution < 1.29 is 19.3 Å². The molecule has 2 rings (SSSR count). The van der Waals surface area contributed by atoms with Crippen molar-refractivity contribution in [2.75, 3.05) is 13.2 Å². The Morgan fingerprint density at radius 1 is 1.33 bits per heavy atom. The van der Waals surface area contributed by atoms with Gasteiger partial charge < -0.3 is 19.3 Å². The van der Waals surface area contributed by atoms with Crippen molar-refractivity contribution in [3.8, 4) is 0 Å². The van der Waals surface area contributed by atoms with Gasteiger partial charge in [-0.15, -0.1) is 0 Å². The van der Waals surface area contributed by atoms with E-state index in [9.17, 15) is 5.11 Å². The van der Waals surface area contributed by atoms with Crippen LogP contribution < -0.4 is 0 Å². The number of unbranched alkanes of at least 4 members (excludes halogenated alkanes) is 1. The van der Waals surface area contributed by atoms with Gasteiger partial charge in [0.1, 0.15) is 12.2 Å². The molecule has 0 aromatic rings. The van der Waals surface area contributed by atoms with Crippen LogP contribution in [0.2, 0.25) is 0 Å². The van der Waals surface area contributed by atoms with Gasteiger partial charge in [-0.2, -0.15) is 0 Å². The Kier molecular flexibility index (Phi) is 3.97. The molecule has 2 aliphatic heterocycles. The van der Waals surface area contributed by atoms with Gasteiger partial charge in [0.05, 0.1) is 12.7 Å². The molecule has 0 aromatic heterocycles. The highest BCUT2D eigenvalue weighted by Crippen LogP contribution is 2.26. The van der Waals surface area contributed by atoms with Gasteiger partial charge in [-0.3, -0.25) is 0 Å². The summed E-state index contributed by atoms with van der Waals surface area (Å²) < 4.78 is 16.7. The largest absolute Gasteiger partial charge is 0.390 e. The first-order valence-electron chi connectivity index (χ1n) is 5.88. The first kappa shape index (κ1) is 11.3. The number of hydrogen-bond donors (Lipinski definition) is 1. The van der Waals surface area contributed by atoms with Crippen LogP contribution in [0.15, 0.2) is 0 Å². The molecule has 4 heteroatoms. The van der Waals surface area contributed by atoms with Crippen LogP contribution in [0, 0.1) is 0 Å². The Labute approximate surface area is 90.5 Å². The zero-order valence-corrected chi connectivity index (χ0v) is 9.22. The van der Waals surface area contributed by atoms with Crippen molar-refractivity contribution in [3.05, 3.63) is 0 Å². The van der Waals surface area contributed by atoms with Crippen LogP contribution >= 0.6 is 0 Å². The predicted octanol–water partition coefficient (Wildman–Crippen LogP) is 1.07. The van der Waals surface area contributed by atoms with Gasteiger partial charge in [0, 0.05) is 6.61 Å². The molecule has 0 aliphatic carbocycles. The molecule has 2 aliphatic rings. The van der Waals surface area contributed by atoms with Crippen LogP contribution in [0.4, 0.5) is 0 Å². The van der Waals surface area contributed by atoms with E-state index in [0.29, 0.717) is 19.6 Å². The Morgan fingerprint density at radius 3 is 2.87 bits per heavy atom. The van der Waals surface area contributed by atoms with Gasteiger partial charge >= 0.3 is 0 Å². The Morgan fingerprint density at radius 2 is 2.20 bits per heavy atom. The van der Waals surface area contributed by atoms with Crippen LogP contribution in [0.5, 0.6) is 0 Å². The number of aliphatic hydroxyl groups is 1. The molecule has 0 aromatic carbocycles. The first-order chi connectivity index (χ1) is 7.31. The van der Waals surface area contributed by atoms with Crippen LogP contribution in [0.25, 0.3) is 0 Å². The lowest BCUT2D eigenvalue weighted by Gasteiger charge is -2.19. The van der Waals surface area contributed by atoms with Crippen molar-refractivity contribution in [2.45, 2.75) is 57.2 Å². The summed E-state index contributed by atoms with van der Waals surface area (Å²) in [7, 11) is 0. The van der Waals surface area contributed by atoms with Gasteiger partial charge in [-0.05, 0) is 19.3 Å². The molecule has 0 amide bonds. The summed E-state index contributed by atoms with van der Waals surface area (Å²) in [6.07, 6.45) is 3.18. The third-order valence-electron chi connectivity index (χ3n) is 3.04. The predicted molar refractivity (Wildman–Crippen MR) is 54.5 cm³/mol. The van der Waals surface area contributed by atoms with Crippen molar-refractivity contribution in [2.24, 2.45) is 0 Å². The second kappa shape index (κ2) is 5.25. The van der Waals surface area contributed by atoms with Crippen molar-refractivity contribution in [1.82, 2.24) is 0 Å². The fourth-order valence-corrected chi connectivity index (χ4v) is 2.13. The van der Waals surface area contributed by atoms with Gasteiger partial charge in [0.25, 0.3) is 0 Å². The Balaban J connectivity index is 1.76. The molecule has 88 valence electrons. The summed E-state index contributed by atoms with van der Waals surface area (Å²) in [5, 5.41) is 9.65. The van der Waals surface area contributed by atoms with Gasteiger partial charge in [0.2, 0.25) is 0 Å². The third-order valence-corrected chi connectivity index (χ3v) is 3.04. The van der Waals surface area contributed by atoms with Crippen LogP contribution in [0.3, 0.4) is 0 Å². The molecule has 15 heavy (non-hydrogen) atoms. The van der Waals surface area contributed by atoms with E-state index in [0.717, 1.165) is 19.3 Å². The number of ether oxygens (including phenoxy) is 3. The van der Waals surface area contributed by atoms with E-state index in [-0.39, 0.29) is 24.6 Å². The Bertz CT molecular complexity index is 197. The lowest BCUT2D eigenvalue weighted by molar-refractivity contribution is -0.101. The van der Waals surface area contributed by atoms with Gasteiger partial charge in [-0.1, -0.05) is 13.3 Å². The van der Waals surface area contributed by atoms with Crippen molar-refractivity contribution >= 4 is 0 Å². The quantitative estimate of drug-likeness (QED) is 0.763. The summed E-state index contributed by atoms with van der Waals surface area (Å²) in [6, 6.07) is 0. The minimum atomic E-state index is -0.386. The number of hydrogen-bond acceptors (Lipinski definition) is 4. The maximum atomic E-state index is 9.65. The Hall–Kier alpha value is -0.160. The van der Waals surface area contributed by atoms with Crippen molar-refractivity contribution in [3.63, 3.8) is 0 Å². The highest BCUT2D eigenvalue weighted by Gasteiger charge is 2.39. The van der Waals surface area contributed by atoms with Gasteiger partial charge in [0.15, 0.2) is 6.29 Å². The zero-order chi connectivity index (χ0) is 10.7. The topological polar surface area (TPSA) is 47.9 Å². The summed E-state index contributed by atoms with van der Waals surface area (Å²) >= 11 is 0. The van der Waals surface area contributed by atoms with E-state index in [1.807, 2.05) is 0 Å². The van der Waals surface area contributed by atoms with E-state index in [1.54, 1.807) is 0 Å². The maximum absolute atomic E-state index is 9.65. The van der Waals surface area contributed by atoms with Crippen LogP contribution in [-0.4, -0.2) is 42.9 Å². The number of rotatable bonds is 4. The molecule has 0 bridgehead atoms. The molecular weight excluding hydrogens is 196 g/mol. The molecule has 2 heterocycles. The van der Waals surface area contributed by atoms with Gasteiger partial charge in [-0.25, -0.2) is 0 Å². The average Bonchev–Trinajstić information content (AvgIpc) is 2.83. The molecular formula is C11H20O4. The molecule has 0 saturated carbocycles. The van der Waals surface area contributed by atoms with Crippen LogP contribution in [-0.2, 0) is 14.2 Å². The second-order valence-corrected chi connectivity index (χ2v) is 4.27. The van der Waals surface area contributed by atoms with E-state index in [4.69, 9.17) is 14.2 Å². The maximum Gasteiger partial charge on any atom is 0.158 e. The SMILES string of the molecule is CCCCC1OC[C@H](C2OCCC2O)O1. The molecule has 0 radical (unpaired) electrons. The first-order valence-corrected chi connectivity index (χ1v) is 5.88. The lowest BCUT2D eigenvalue weighted by Crippen LogP contribution is -2.36. The fraction of sp³-hybridized carbons (Fsp3) is 1.00. The van der Waals surface area contributed by atoms with E-state index in [1.165, 1.54) is 0 Å². The minimum Gasteiger partial charge on any atom is -0.390 e. The molecule has 3 unspecified atom stereocenters. The highest BCUT2D eigenvalue weighted by molar-refractivity contribution is 4.85. The lowest BCUT2D eigenvalue weighted by atomic mass is 10.1. The molecule has 4 atom stereocenters. The minimum absolute atomic E-state index is 0.0793. The third kappa shape index (κ3) is 2.69. The molecule has 2 fully saturated rings. The smallest absolute Gasteiger partial charge is 0.158 e. The van der Waals surface area contributed by atoms with E-state index < -0.39 is 0 Å². The molecule has 1 N–H and O–H groups in total. The molecule has 4 nitrogen and oxygen atoms in total. The van der Waals surface area contributed by atoms with E-state index >= 15 is 0 Å². The van der Waals surface area contributed by atoms with Crippen molar-refractivity contribution in [1.29, 1.82) is 0 Å². The second-order valence-electron chi connectivity index (χ2n) is 4.27. The fourth-order valence-electron chi connectivity index (χ4n) is 2.13. The summed E-state index contributed by atoms with van der Waals surface area (Å²) in [4.78, 5) is 0. The molecule has 0 spiro atoms. The monoisotopic (exact) mass is 216 g/mol. The normalized spacial score (nSPS) is 41.2. The van der Waals surface area contributed by atoms with Crippen LogP contribution in [0.1, 0.15) is 32.6 Å². The summed E-state index contributed by atoms with van der Waals surface area (Å²) in [5.41, 5.74) is 0. The molecule has 2 saturated heterocycles.